The molecule has 0 aromatic carbocycles. The molecule has 6 nitrogen and oxygen atoms in total. The summed E-state index contributed by atoms with van der Waals surface area (Å²) in [7, 11) is -2.13. The Morgan fingerprint density at radius 1 is 1.53 bits per heavy atom. The van der Waals surface area contributed by atoms with Crippen LogP contribution < -0.4 is 15.2 Å². The lowest BCUT2D eigenvalue weighted by Gasteiger charge is -2.28. The second kappa shape index (κ2) is 5.07. The van der Waals surface area contributed by atoms with Gasteiger partial charge in [0.15, 0.2) is 0 Å². The highest BCUT2D eigenvalue weighted by Gasteiger charge is 2.43. The number of hydrogen-bond acceptors (Lipinski definition) is 5. The Morgan fingerprint density at radius 3 is 2.63 bits per heavy atom. The molecule has 0 amide bonds. The smallest absolute Gasteiger partial charge is 0.242 e. The molecular formula is C12H19N3O3S. The molecule has 3 N–H and O–H groups in total. The Labute approximate surface area is 113 Å². The molecular weight excluding hydrogens is 266 g/mol. The zero-order valence-electron chi connectivity index (χ0n) is 11.1. The van der Waals surface area contributed by atoms with Crippen molar-refractivity contribution < 1.29 is 13.2 Å². The van der Waals surface area contributed by atoms with Crippen LogP contribution in [-0.4, -0.2) is 32.6 Å². The zero-order chi connectivity index (χ0) is 14.1. The number of aromatic nitrogens is 1. The number of rotatable bonds is 6. The van der Waals surface area contributed by atoms with E-state index in [-0.39, 0.29) is 11.4 Å². The lowest BCUT2D eigenvalue weighted by atomic mass is 9.98. The molecule has 0 bridgehead atoms. The predicted octanol–water partition coefficient (Wildman–Crippen LogP) is 0.496. The van der Waals surface area contributed by atoms with E-state index in [1.54, 1.807) is 0 Å². The van der Waals surface area contributed by atoms with E-state index in [4.69, 9.17) is 10.5 Å². The van der Waals surface area contributed by atoms with Gasteiger partial charge in [0, 0.05) is 18.2 Å². The van der Waals surface area contributed by atoms with Crippen LogP contribution in [0.2, 0.25) is 0 Å². The van der Waals surface area contributed by atoms with E-state index < -0.39 is 15.6 Å². The second-order valence-corrected chi connectivity index (χ2v) is 6.72. The maximum absolute atomic E-state index is 12.3. The van der Waals surface area contributed by atoms with Crippen LogP contribution in [0.5, 0.6) is 5.88 Å². The summed E-state index contributed by atoms with van der Waals surface area (Å²) in [6.07, 6.45) is 3.30. The molecule has 1 atom stereocenters. The van der Waals surface area contributed by atoms with Gasteiger partial charge in [-0.05, 0) is 31.7 Å². The van der Waals surface area contributed by atoms with Gasteiger partial charge in [-0.15, -0.1) is 0 Å². The van der Waals surface area contributed by atoms with Crippen LogP contribution in [0.1, 0.15) is 19.8 Å². The molecule has 1 unspecified atom stereocenters. The molecule has 0 radical (unpaired) electrons. The number of nitrogens with zero attached hydrogens (tertiary/aromatic N) is 1. The van der Waals surface area contributed by atoms with Gasteiger partial charge in [-0.25, -0.2) is 18.1 Å². The van der Waals surface area contributed by atoms with E-state index in [9.17, 15) is 8.42 Å². The summed E-state index contributed by atoms with van der Waals surface area (Å²) in [4.78, 5) is 4.03. The van der Waals surface area contributed by atoms with Crippen molar-refractivity contribution in [3.8, 4) is 5.88 Å². The average Bonchev–Trinajstić information content (AvgIpc) is 3.23. The van der Waals surface area contributed by atoms with Gasteiger partial charge in [-0.3, -0.25) is 0 Å². The Hall–Kier alpha value is -1.18. The lowest BCUT2D eigenvalue weighted by Crippen LogP contribution is -2.52. The van der Waals surface area contributed by atoms with Gasteiger partial charge < -0.3 is 10.5 Å². The Bertz CT molecular complexity index is 540. The highest BCUT2D eigenvalue weighted by molar-refractivity contribution is 7.89. The van der Waals surface area contributed by atoms with Gasteiger partial charge in [0.25, 0.3) is 0 Å². The molecule has 0 saturated heterocycles. The van der Waals surface area contributed by atoms with E-state index in [1.165, 1.54) is 25.4 Å². The van der Waals surface area contributed by atoms with Crippen molar-refractivity contribution in [1.82, 2.24) is 9.71 Å². The molecule has 1 fully saturated rings. The molecule has 1 saturated carbocycles. The van der Waals surface area contributed by atoms with Gasteiger partial charge in [0.05, 0.1) is 13.3 Å². The van der Waals surface area contributed by atoms with Crippen LogP contribution in [0.4, 0.5) is 0 Å². The van der Waals surface area contributed by atoms with Crippen molar-refractivity contribution in [3.63, 3.8) is 0 Å². The number of nitrogens with two attached hydrogens (primary N) is 1. The second-order valence-electron chi connectivity index (χ2n) is 5.04. The third-order valence-corrected chi connectivity index (χ3v) is 5.10. The number of pyridine rings is 1. The first kappa shape index (κ1) is 14.2. The van der Waals surface area contributed by atoms with Crippen molar-refractivity contribution in [2.24, 2.45) is 11.7 Å². The number of sulfonamides is 1. The summed E-state index contributed by atoms with van der Waals surface area (Å²) in [6.45, 7) is 2.12. The molecule has 0 spiro atoms. The standard InChI is InChI=1S/C12H19N3O3S/c1-12(8-13,9-3-4-9)15-19(16,17)10-5-6-11(18-2)14-7-10/h5-7,9,15H,3-4,8,13H2,1-2H3. The van der Waals surface area contributed by atoms with Gasteiger partial charge in [0.2, 0.25) is 15.9 Å². The molecule has 1 aromatic rings. The zero-order valence-corrected chi connectivity index (χ0v) is 11.9. The normalized spacial score (nSPS) is 18.9. The molecule has 7 heteroatoms. The Balaban J connectivity index is 2.21. The summed E-state index contributed by atoms with van der Waals surface area (Å²) in [5, 5.41) is 0. The first-order valence-corrected chi connectivity index (χ1v) is 7.64. The number of methoxy groups -OCH3 is 1. The van der Waals surface area contributed by atoms with E-state index >= 15 is 0 Å². The van der Waals surface area contributed by atoms with Gasteiger partial charge >= 0.3 is 0 Å². The molecule has 1 heterocycles. The number of ether oxygens (including phenoxy) is 1. The first-order chi connectivity index (χ1) is 8.91. The van der Waals surface area contributed by atoms with E-state index in [0.717, 1.165) is 12.8 Å². The highest BCUT2D eigenvalue weighted by Crippen LogP contribution is 2.39. The largest absolute Gasteiger partial charge is 0.481 e. The predicted molar refractivity (Wildman–Crippen MR) is 71.3 cm³/mol. The van der Waals surface area contributed by atoms with E-state index in [2.05, 4.69) is 9.71 Å². The monoisotopic (exact) mass is 285 g/mol. The molecule has 19 heavy (non-hydrogen) atoms. The Morgan fingerprint density at radius 2 is 2.21 bits per heavy atom. The lowest BCUT2D eigenvalue weighted by molar-refractivity contribution is 0.374. The fourth-order valence-electron chi connectivity index (χ4n) is 2.02. The molecule has 2 rings (SSSR count). The van der Waals surface area contributed by atoms with Crippen molar-refractivity contribution in [3.05, 3.63) is 18.3 Å². The topological polar surface area (TPSA) is 94.3 Å². The van der Waals surface area contributed by atoms with Crippen LogP contribution >= 0.6 is 0 Å². The minimum Gasteiger partial charge on any atom is -0.481 e. The number of hydrogen-bond donors (Lipinski definition) is 2. The van der Waals surface area contributed by atoms with Crippen LogP contribution in [0.25, 0.3) is 0 Å². The van der Waals surface area contributed by atoms with E-state index in [1.807, 2.05) is 6.92 Å². The third-order valence-electron chi connectivity index (χ3n) is 3.50. The van der Waals surface area contributed by atoms with Crippen molar-refractivity contribution in [2.45, 2.75) is 30.2 Å². The van der Waals surface area contributed by atoms with Gasteiger partial charge in [0.1, 0.15) is 4.90 Å². The van der Waals surface area contributed by atoms with Crippen molar-refractivity contribution >= 4 is 10.0 Å². The number of nitrogens with one attached hydrogen (secondary N) is 1. The van der Waals surface area contributed by atoms with Crippen LogP contribution in [0, 0.1) is 5.92 Å². The summed E-state index contributed by atoms with van der Waals surface area (Å²) in [6, 6.07) is 2.99. The van der Waals surface area contributed by atoms with Gasteiger partial charge in [-0.2, -0.15) is 0 Å². The highest BCUT2D eigenvalue weighted by atomic mass is 32.2. The maximum Gasteiger partial charge on any atom is 0.242 e. The molecule has 1 aromatic heterocycles. The van der Waals surface area contributed by atoms with Crippen LogP contribution in [-0.2, 0) is 10.0 Å². The summed E-state index contributed by atoms with van der Waals surface area (Å²) in [5.41, 5.74) is 5.13. The molecule has 1 aliphatic carbocycles. The Kier molecular flexibility index (Phi) is 3.80. The fourth-order valence-corrected chi connectivity index (χ4v) is 3.44. The summed E-state index contributed by atoms with van der Waals surface area (Å²) in [5.74, 6) is 0.696. The van der Waals surface area contributed by atoms with Crippen LogP contribution in [0.15, 0.2) is 23.2 Å². The van der Waals surface area contributed by atoms with Crippen molar-refractivity contribution in [2.75, 3.05) is 13.7 Å². The first-order valence-electron chi connectivity index (χ1n) is 6.15. The molecule has 0 aliphatic heterocycles. The maximum atomic E-state index is 12.3. The average molecular weight is 285 g/mol. The summed E-state index contributed by atoms with van der Waals surface area (Å²) < 4.78 is 32.2. The SMILES string of the molecule is COc1ccc(S(=O)(=O)NC(C)(CN)C2CC2)cn1. The fraction of sp³-hybridized carbons (Fsp3) is 0.583. The van der Waals surface area contributed by atoms with Crippen LogP contribution in [0.3, 0.4) is 0 Å². The summed E-state index contributed by atoms with van der Waals surface area (Å²) >= 11 is 0. The quantitative estimate of drug-likeness (QED) is 0.793. The molecule has 1 aliphatic rings. The minimum absolute atomic E-state index is 0.119. The van der Waals surface area contributed by atoms with Crippen molar-refractivity contribution in [1.29, 1.82) is 0 Å². The van der Waals surface area contributed by atoms with Gasteiger partial charge in [-0.1, -0.05) is 0 Å². The third kappa shape index (κ3) is 3.05. The van der Waals surface area contributed by atoms with E-state index in [0.29, 0.717) is 11.8 Å². The molecule has 106 valence electrons. The minimum atomic E-state index is -3.61.